The molecule has 0 radical (unpaired) electrons. The minimum atomic E-state index is -4.26. The Hall–Kier alpha value is -2.96. The second-order valence-corrected chi connectivity index (χ2v) is 11.8. The van der Waals surface area contributed by atoms with Gasteiger partial charge in [0.05, 0.1) is 19.3 Å². The highest BCUT2D eigenvalue weighted by atomic mass is 32.2. The lowest BCUT2D eigenvalue weighted by Gasteiger charge is -2.19. The molecule has 4 heterocycles. The molecule has 0 spiro atoms. The van der Waals surface area contributed by atoms with Crippen LogP contribution in [0, 0.1) is 11.9 Å². The van der Waals surface area contributed by atoms with Gasteiger partial charge in [-0.2, -0.15) is 17.6 Å². The van der Waals surface area contributed by atoms with Gasteiger partial charge >= 0.3 is 6.18 Å². The van der Waals surface area contributed by atoms with Crippen LogP contribution >= 0.6 is 0 Å². The molecule has 1 atom stereocenters. The number of amides is 1. The minimum Gasteiger partial charge on any atom is -0.359 e. The van der Waals surface area contributed by atoms with Crippen molar-refractivity contribution in [1.29, 1.82) is 0 Å². The molecule has 1 unspecified atom stereocenters. The van der Waals surface area contributed by atoms with E-state index in [1.165, 1.54) is 22.8 Å². The number of aromatic nitrogens is 4. The van der Waals surface area contributed by atoms with E-state index in [-0.39, 0.29) is 28.7 Å². The number of alkyl halides is 4. The predicted octanol–water partition coefficient (Wildman–Crippen LogP) is 4.66. The molecule has 214 valence electrons. The van der Waals surface area contributed by atoms with Gasteiger partial charge in [0, 0.05) is 76.3 Å². The lowest BCUT2D eigenvalue weighted by atomic mass is 9.88. The van der Waals surface area contributed by atoms with Gasteiger partial charge in [0.2, 0.25) is 11.9 Å². The number of carbonyl (C=O) groups excluding carboxylic acids is 1. The SMILES string of the molecule is CC1(C)CC(c2ccc(CC(F)(F)F)cn2)c2cnc3cc(F)nn3c21.CF.CNC(=O)C1CCS(=O)CC1. The van der Waals surface area contributed by atoms with Gasteiger partial charge in [-0.05, 0) is 30.9 Å². The highest BCUT2D eigenvalue weighted by Crippen LogP contribution is 2.47. The molecule has 7 nitrogen and oxygen atoms in total. The molecule has 1 N–H and O–H groups in total. The van der Waals surface area contributed by atoms with Crippen LogP contribution in [0.5, 0.6) is 0 Å². The molecule has 2 aliphatic rings. The van der Waals surface area contributed by atoms with Gasteiger partial charge in [-0.25, -0.2) is 9.50 Å². The second kappa shape index (κ2) is 12.5. The Balaban J connectivity index is 0.000000272. The molecule has 39 heavy (non-hydrogen) atoms. The van der Waals surface area contributed by atoms with E-state index in [1.807, 2.05) is 13.8 Å². The van der Waals surface area contributed by atoms with E-state index in [1.54, 1.807) is 19.3 Å². The molecule has 1 aliphatic heterocycles. The van der Waals surface area contributed by atoms with Crippen LogP contribution < -0.4 is 5.32 Å². The molecule has 1 amide bonds. The van der Waals surface area contributed by atoms with E-state index in [0.717, 1.165) is 24.1 Å². The lowest BCUT2D eigenvalue weighted by Crippen LogP contribution is -2.32. The van der Waals surface area contributed by atoms with Crippen molar-refractivity contribution in [3.8, 4) is 0 Å². The normalized spacial score (nSPS) is 21.7. The summed E-state index contributed by atoms with van der Waals surface area (Å²) in [6.45, 7) is 4.06. The Kier molecular flexibility index (Phi) is 9.78. The Bertz CT molecular complexity index is 1300. The zero-order chi connectivity index (χ0) is 29.0. The van der Waals surface area contributed by atoms with Crippen molar-refractivity contribution in [3.05, 3.63) is 59.1 Å². The van der Waals surface area contributed by atoms with Crippen LogP contribution in [0.25, 0.3) is 5.65 Å². The van der Waals surface area contributed by atoms with Crippen molar-refractivity contribution in [3.63, 3.8) is 0 Å². The van der Waals surface area contributed by atoms with Crippen LogP contribution in [0.4, 0.5) is 22.0 Å². The van der Waals surface area contributed by atoms with E-state index >= 15 is 0 Å². The van der Waals surface area contributed by atoms with Gasteiger partial charge in [0.25, 0.3) is 0 Å². The third-order valence-corrected chi connectivity index (χ3v) is 8.21. The number of halogens is 5. The summed E-state index contributed by atoms with van der Waals surface area (Å²) < 4.78 is 73.0. The van der Waals surface area contributed by atoms with Crippen LogP contribution in [-0.4, -0.2) is 61.6 Å². The summed E-state index contributed by atoms with van der Waals surface area (Å²) in [5.41, 5.74) is 2.67. The first-order chi connectivity index (χ1) is 18.4. The van der Waals surface area contributed by atoms with Gasteiger partial charge in [0.1, 0.15) is 0 Å². The van der Waals surface area contributed by atoms with E-state index in [9.17, 15) is 31.0 Å². The second-order valence-electron chi connectivity index (χ2n) is 10.1. The summed E-state index contributed by atoms with van der Waals surface area (Å²) in [5.74, 6) is 0.874. The van der Waals surface area contributed by atoms with E-state index < -0.39 is 29.3 Å². The summed E-state index contributed by atoms with van der Waals surface area (Å²) in [4.78, 5) is 19.6. The Morgan fingerprint density at radius 3 is 2.38 bits per heavy atom. The number of rotatable bonds is 3. The summed E-state index contributed by atoms with van der Waals surface area (Å²) in [7, 11) is 1.49. The number of nitrogens with one attached hydrogen (secondary N) is 1. The third-order valence-electron chi connectivity index (χ3n) is 6.83. The van der Waals surface area contributed by atoms with Gasteiger partial charge in [-0.15, -0.1) is 5.10 Å². The van der Waals surface area contributed by atoms with Crippen LogP contribution in [0.3, 0.4) is 0 Å². The van der Waals surface area contributed by atoms with Crippen molar-refractivity contribution < 1.29 is 31.0 Å². The standard InChI is InChI=1S/C18H16F4N4.C7H13NO2S.CH3F/c1-17(2)7-11(13-4-3-10(8-23-13)6-18(20,21)22)12-9-24-15-5-14(19)25-26(15)16(12)17;1-8-7(9)6-2-4-11(10)5-3-6;1-2/h3-5,8-9,11H,6-7H2,1-2H3;6H,2-5H2,1H3,(H,8,9);1H3. The van der Waals surface area contributed by atoms with Crippen molar-refractivity contribution >= 4 is 22.4 Å². The summed E-state index contributed by atoms with van der Waals surface area (Å²) in [5, 5.41) is 6.52. The Morgan fingerprint density at radius 1 is 1.15 bits per heavy atom. The summed E-state index contributed by atoms with van der Waals surface area (Å²) in [6, 6.07) is 4.36. The topological polar surface area (TPSA) is 89.2 Å². The average molecular weight is 574 g/mol. The van der Waals surface area contributed by atoms with E-state index in [2.05, 4.69) is 20.4 Å². The fraction of sp³-hybridized carbons (Fsp3) is 0.538. The molecule has 1 aliphatic carbocycles. The first-order valence-electron chi connectivity index (χ1n) is 12.4. The van der Waals surface area contributed by atoms with Gasteiger partial charge in [-0.3, -0.25) is 18.4 Å². The zero-order valence-electron chi connectivity index (χ0n) is 22.2. The van der Waals surface area contributed by atoms with Crippen LogP contribution in [-0.2, 0) is 27.4 Å². The monoisotopic (exact) mass is 573 g/mol. The molecule has 3 aromatic rings. The molecule has 0 saturated carbocycles. The summed E-state index contributed by atoms with van der Waals surface area (Å²) in [6.07, 6.45) is -0.0364. The van der Waals surface area contributed by atoms with Crippen molar-refractivity contribution in [1.82, 2.24) is 24.9 Å². The molecular weight excluding hydrogens is 541 g/mol. The molecule has 13 heteroatoms. The van der Waals surface area contributed by atoms with E-state index in [4.69, 9.17) is 0 Å². The molecule has 1 saturated heterocycles. The lowest BCUT2D eigenvalue weighted by molar-refractivity contribution is -0.127. The highest BCUT2D eigenvalue weighted by molar-refractivity contribution is 7.85. The Morgan fingerprint density at radius 2 is 1.82 bits per heavy atom. The number of hydrogen-bond donors (Lipinski definition) is 1. The van der Waals surface area contributed by atoms with Gasteiger partial charge < -0.3 is 5.32 Å². The zero-order valence-corrected chi connectivity index (χ0v) is 23.0. The molecule has 0 aromatic carbocycles. The maximum Gasteiger partial charge on any atom is 0.393 e. The highest BCUT2D eigenvalue weighted by Gasteiger charge is 2.41. The predicted molar refractivity (Wildman–Crippen MR) is 138 cm³/mol. The van der Waals surface area contributed by atoms with Crippen LogP contribution in [0.1, 0.15) is 61.5 Å². The van der Waals surface area contributed by atoms with Gasteiger partial charge in [0.15, 0.2) is 5.65 Å². The largest absolute Gasteiger partial charge is 0.393 e. The smallest absolute Gasteiger partial charge is 0.359 e. The molecule has 0 bridgehead atoms. The fourth-order valence-electron chi connectivity index (χ4n) is 5.07. The van der Waals surface area contributed by atoms with E-state index in [0.29, 0.717) is 36.4 Å². The van der Waals surface area contributed by atoms with Crippen LogP contribution in [0.2, 0.25) is 0 Å². The minimum absolute atomic E-state index is 0.0988. The van der Waals surface area contributed by atoms with Crippen molar-refractivity contribution in [2.75, 3.05) is 25.7 Å². The molecule has 5 rings (SSSR count). The molecular formula is C26H32F5N5O2S. The maximum absolute atomic E-state index is 13.6. The molecule has 1 fully saturated rings. The number of hydrogen-bond acceptors (Lipinski definition) is 5. The number of carbonyl (C=O) groups is 1. The number of fused-ring (bicyclic) bond motifs is 3. The molecule has 3 aromatic heterocycles. The average Bonchev–Trinajstić information content (AvgIpc) is 3.40. The van der Waals surface area contributed by atoms with Crippen molar-refractivity contribution in [2.45, 2.75) is 57.0 Å². The van der Waals surface area contributed by atoms with Crippen LogP contribution in [0.15, 0.2) is 30.6 Å². The number of pyridine rings is 1. The van der Waals surface area contributed by atoms with Crippen molar-refractivity contribution in [2.24, 2.45) is 5.92 Å². The maximum atomic E-state index is 13.6. The van der Waals surface area contributed by atoms with Gasteiger partial charge in [-0.1, -0.05) is 19.9 Å². The first kappa shape index (κ1) is 30.6. The number of nitrogens with zero attached hydrogens (tertiary/aromatic N) is 4. The third kappa shape index (κ3) is 7.37. The Labute approximate surface area is 226 Å². The quantitative estimate of drug-likeness (QED) is 0.461. The fourth-order valence-corrected chi connectivity index (χ4v) is 6.37. The first-order valence-corrected chi connectivity index (χ1v) is 13.9. The summed E-state index contributed by atoms with van der Waals surface area (Å²) >= 11 is 0.